The average molecular weight is 394 g/mol. The van der Waals surface area contributed by atoms with Crippen LogP contribution in [0.15, 0.2) is 48.5 Å². The molecule has 0 spiro atoms. The fraction of sp³-hybridized carbons (Fsp3) is 0.286. The lowest BCUT2D eigenvalue weighted by Crippen LogP contribution is -2.43. The second kappa shape index (κ2) is 7.46. The molecule has 0 radical (unpaired) electrons. The zero-order valence-corrected chi connectivity index (χ0v) is 15.4. The van der Waals surface area contributed by atoms with Crippen LogP contribution in [-0.4, -0.2) is 39.8 Å². The highest BCUT2D eigenvalue weighted by atomic mass is 16.6. The van der Waals surface area contributed by atoms with Crippen molar-refractivity contribution in [2.75, 3.05) is 0 Å². The molecule has 0 aromatic heterocycles. The smallest absolute Gasteiger partial charge is 0.338 e. The Morgan fingerprint density at radius 1 is 0.931 bits per heavy atom. The maximum absolute atomic E-state index is 12.6. The predicted octanol–water partition coefficient (Wildman–Crippen LogP) is 3.36. The van der Waals surface area contributed by atoms with Gasteiger partial charge in [0.05, 0.1) is 21.6 Å². The summed E-state index contributed by atoms with van der Waals surface area (Å²) in [7, 11) is 0. The molecule has 4 rings (SSSR count). The molecule has 1 saturated carbocycles. The van der Waals surface area contributed by atoms with Gasteiger partial charge in [0.25, 0.3) is 17.5 Å². The van der Waals surface area contributed by atoms with E-state index in [4.69, 9.17) is 4.74 Å². The van der Waals surface area contributed by atoms with Crippen molar-refractivity contribution < 1.29 is 24.0 Å². The summed E-state index contributed by atoms with van der Waals surface area (Å²) in [6, 6.07) is 11.8. The quantitative estimate of drug-likeness (QED) is 0.341. The number of hydrogen-bond acceptors (Lipinski definition) is 6. The number of amides is 2. The van der Waals surface area contributed by atoms with Crippen molar-refractivity contribution in [3.05, 3.63) is 75.3 Å². The second-order valence-corrected chi connectivity index (χ2v) is 7.17. The molecule has 2 aliphatic rings. The lowest BCUT2D eigenvalue weighted by Gasteiger charge is -2.33. The molecule has 1 heterocycles. The van der Waals surface area contributed by atoms with Gasteiger partial charge in [0, 0.05) is 18.2 Å². The zero-order chi connectivity index (χ0) is 20.5. The Morgan fingerprint density at radius 2 is 1.48 bits per heavy atom. The van der Waals surface area contributed by atoms with Crippen LogP contribution in [0.1, 0.15) is 56.8 Å². The lowest BCUT2D eigenvalue weighted by atomic mass is 9.91. The number of nitrogens with zero attached hydrogens (tertiary/aromatic N) is 2. The van der Waals surface area contributed by atoms with E-state index in [9.17, 15) is 24.5 Å². The van der Waals surface area contributed by atoms with Crippen molar-refractivity contribution in [3.8, 4) is 0 Å². The number of hydrogen-bond donors (Lipinski definition) is 0. The number of rotatable bonds is 4. The third-order valence-electron chi connectivity index (χ3n) is 5.42. The summed E-state index contributed by atoms with van der Waals surface area (Å²) in [4.78, 5) is 49.0. The molecule has 0 saturated heterocycles. The highest BCUT2D eigenvalue weighted by Crippen LogP contribution is 2.32. The maximum atomic E-state index is 12.6. The molecule has 1 fully saturated rings. The summed E-state index contributed by atoms with van der Waals surface area (Å²) in [6.07, 6.45) is 1.88. The van der Waals surface area contributed by atoms with Gasteiger partial charge in [0.2, 0.25) is 0 Å². The number of fused-ring (bicyclic) bond motifs is 1. The summed E-state index contributed by atoms with van der Waals surface area (Å²) in [5, 5.41) is 10.7. The molecule has 8 nitrogen and oxygen atoms in total. The number of esters is 1. The predicted molar refractivity (Wildman–Crippen MR) is 101 cm³/mol. The van der Waals surface area contributed by atoms with Crippen molar-refractivity contribution >= 4 is 23.5 Å². The number of nitro groups is 1. The van der Waals surface area contributed by atoms with E-state index in [2.05, 4.69) is 0 Å². The topological polar surface area (TPSA) is 107 Å². The SMILES string of the molecule is O=C(OC1CCC(N2C(=O)c3ccccc3C2=O)CC1)c1ccc([N+](=O)[O-])cc1. The molecular formula is C21H18N2O6. The van der Waals surface area contributed by atoms with Gasteiger partial charge >= 0.3 is 5.97 Å². The number of carbonyl (C=O) groups is 3. The second-order valence-electron chi connectivity index (χ2n) is 7.17. The first-order chi connectivity index (χ1) is 14.0. The first-order valence-corrected chi connectivity index (χ1v) is 9.38. The minimum absolute atomic E-state index is 0.0944. The van der Waals surface area contributed by atoms with Crippen molar-refractivity contribution in [1.82, 2.24) is 4.90 Å². The normalized spacial score (nSPS) is 21.0. The van der Waals surface area contributed by atoms with Crippen molar-refractivity contribution in [2.24, 2.45) is 0 Å². The Bertz CT molecular complexity index is 957. The van der Waals surface area contributed by atoms with Crippen molar-refractivity contribution in [1.29, 1.82) is 0 Å². The van der Waals surface area contributed by atoms with Crippen LogP contribution in [-0.2, 0) is 4.74 Å². The number of non-ortho nitro benzene ring substituents is 1. The minimum atomic E-state index is -0.538. The summed E-state index contributed by atoms with van der Waals surface area (Å²) in [5.41, 5.74) is 1.02. The lowest BCUT2D eigenvalue weighted by molar-refractivity contribution is -0.384. The Labute approximate surface area is 166 Å². The van der Waals surface area contributed by atoms with Crippen LogP contribution >= 0.6 is 0 Å². The van der Waals surface area contributed by atoms with Crippen molar-refractivity contribution in [2.45, 2.75) is 37.8 Å². The highest BCUT2D eigenvalue weighted by Gasteiger charge is 2.41. The van der Waals surface area contributed by atoms with Gasteiger partial charge in [0.15, 0.2) is 0 Å². The molecule has 0 atom stereocenters. The molecule has 0 N–H and O–H groups in total. The van der Waals surface area contributed by atoms with Gasteiger partial charge in [-0.05, 0) is 49.9 Å². The number of carbonyl (C=O) groups excluding carboxylic acids is 3. The van der Waals surface area contributed by atoms with E-state index in [0.29, 0.717) is 36.8 Å². The van der Waals surface area contributed by atoms with Gasteiger partial charge in [-0.25, -0.2) is 4.79 Å². The molecule has 0 bridgehead atoms. The summed E-state index contributed by atoms with van der Waals surface area (Å²) >= 11 is 0. The van der Waals surface area contributed by atoms with Gasteiger partial charge in [-0.2, -0.15) is 0 Å². The number of nitro benzene ring substituents is 1. The van der Waals surface area contributed by atoms with Crippen LogP contribution in [0, 0.1) is 10.1 Å². The molecule has 0 unspecified atom stereocenters. The molecule has 2 aromatic rings. The van der Waals surface area contributed by atoms with Gasteiger partial charge in [-0.1, -0.05) is 12.1 Å². The summed E-state index contributed by atoms with van der Waals surface area (Å²) in [5.74, 6) is -1.07. The number of ether oxygens (including phenoxy) is 1. The molecular weight excluding hydrogens is 376 g/mol. The van der Waals surface area contributed by atoms with Crippen LogP contribution in [0.3, 0.4) is 0 Å². The van der Waals surface area contributed by atoms with E-state index in [1.807, 2.05) is 0 Å². The van der Waals surface area contributed by atoms with Crippen LogP contribution < -0.4 is 0 Å². The highest BCUT2D eigenvalue weighted by molar-refractivity contribution is 6.21. The van der Waals surface area contributed by atoms with E-state index >= 15 is 0 Å². The Balaban J connectivity index is 1.35. The molecule has 1 aliphatic carbocycles. The van der Waals surface area contributed by atoms with Crippen LogP contribution in [0.2, 0.25) is 0 Å². The third-order valence-corrected chi connectivity index (χ3v) is 5.42. The Morgan fingerprint density at radius 3 is 2.00 bits per heavy atom. The van der Waals surface area contributed by atoms with Crippen LogP contribution in [0.25, 0.3) is 0 Å². The zero-order valence-electron chi connectivity index (χ0n) is 15.4. The standard InChI is InChI=1S/C21H18N2O6/c24-19-17-3-1-2-4-18(17)20(25)22(19)14-9-11-16(12-10-14)29-21(26)13-5-7-15(8-6-13)23(27)28/h1-8,14,16H,9-12H2. The van der Waals surface area contributed by atoms with E-state index in [-0.39, 0.29) is 35.2 Å². The number of benzene rings is 2. The molecule has 2 amide bonds. The molecule has 29 heavy (non-hydrogen) atoms. The summed E-state index contributed by atoms with van der Waals surface area (Å²) in [6.45, 7) is 0. The van der Waals surface area contributed by atoms with Crippen molar-refractivity contribution in [3.63, 3.8) is 0 Å². The molecule has 1 aliphatic heterocycles. The minimum Gasteiger partial charge on any atom is -0.459 e. The third kappa shape index (κ3) is 3.49. The summed E-state index contributed by atoms with van der Waals surface area (Å²) < 4.78 is 5.51. The number of imide groups is 1. The van der Waals surface area contributed by atoms with Gasteiger partial charge < -0.3 is 4.74 Å². The van der Waals surface area contributed by atoms with Gasteiger partial charge in [-0.3, -0.25) is 24.6 Å². The first kappa shape index (κ1) is 18.8. The van der Waals surface area contributed by atoms with Gasteiger partial charge in [0.1, 0.15) is 6.10 Å². The van der Waals surface area contributed by atoms with Crippen LogP contribution in [0.5, 0.6) is 0 Å². The van der Waals surface area contributed by atoms with E-state index in [1.54, 1.807) is 24.3 Å². The van der Waals surface area contributed by atoms with Gasteiger partial charge in [-0.15, -0.1) is 0 Å². The monoisotopic (exact) mass is 394 g/mol. The fourth-order valence-electron chi connectivity index (χ4n) is 3.90. The molecule has 148 valence electrons. The Hall–Kier alpha value is -3.55. The van der Waals surface area contributed by atoms with Crippen LogP contribution in [0.4, 0.5) is 5.69 Å². The van der Waals surface area contributed by atoms with E-state index in [1.165, 1.54) is 29.2 Å². The largest absolute Gasteiger partial charge is 0.459 e. The fourth-order valence-corrected chi connectivity index (χ4v) is 3.90. The average Bonchev–Trinajstić information content (AvgIpc) is 2.99. The molecule has 8 heteroatoms. The Kier molecular flexibility index (Phi) is 4.84. The van der Waals surface area contributed by atoms with E-state index < -0.39 is 10.9 Å². The maximum Gasteiger partial charge on any atom is 0.338 e. The van der Waals surface area contributed by atoms with E-state index in [0.717, 1.165) is 0 Å². The molecule has 2 aromatic carbocycles. The first-order valence-electron chi connectivity index (χ1n) is 9.38.